The molecule has 0 saturated heterocycles. The molecule has 0 atom stereocenters. The SMILES string of the molecule is Cc1ccc2c(CC(=O)Nc3ccc(-c4nnco4)cc3)c[nH]c2c1. The van der Waals surface area contributed by atoms with Crippen LogP contribution in [0.2, 0.25) is 0 Å². The molecule has 0 aliphatic rings. The van der Waals surface area contributed by atoms with Crippen molar-refractivity contribution >= 4 is 22.5 Å². The molecule has 4 rings (SSSR count). The third kappa shape index (κ3) is 3.14. The van der Waals surface area contributed by atoms with Crippen LogP contribution >= 0.6 is 0 Å². The number of fused-ring (bicyclic) bond motifs is 1. The molecule has 124 valence electrons. The van der Waals surface area contributed by atoms with Crippen LogP contribution in [0.3, 0.4) is 0 Å². The van der Waals surface area contributed by atoms with Crippen molar-refractivity contribution in [1.29, 1.82) is 0 Å². The molecule has 25 heavy (non-hydrogen) atoms. The maximum Gasteiger partial charge on any atom is 0.247 e. The van der Waals surface area contributed by atoms with Crippen LogP contribution in [0, 0.1) is 6.92 Å². The van der Waals surface area contributed by atoms with Gasteiger partial charge in [0.1, 0.15) is 0 Å². The van der Waals surface area contributed by atoms with Gasteiger partial charge in [-0.25, -0.2) is 0 Å². The number of H-pyrrole nitrogens is 1. The van der Waals surface area contributed by atoms with E-state index >= 15 is 0 Å². The molecule has 0 bridgehead atoms. The second-order valence-corrected chi connectivity index (χ2v) is 5.91. The molecule has 2 aromatic heterocycles. The first-order valence-corrected chi connectivity index (χ1v) is 7.92. The Hall–Kier alpha value is -3.41. The summed E-state index contributed by atoms with van der Waals surface area (Å²) in [7, 11) is 0. The first-order chi connectivity index (χ1) is 12.2. The summed E-state index contributed by atoms with van der Waals surface area (Å²) in [5.41, 5.74) is 4.75. The molecule has 0 aliphatic heterocycles. The molecular formula is C19H16N4O2. The number of carbonyl (C=O) groups is 1. The lowest BCUT2D eigenvalue weighted by atomic mass is 10.1. The second kappa shape index (κ2) is 6.24. The average Bonchev–Trinajstić information content (AvgIpc) is 3.26. The molecule has 0 radical (unpaired) electrons. The topological polar surface area (TPSA) is 83.8 Å². The Morgan fingerprint density at radius 2 is 2.04 bits per heavy atom. The summed E-state index contributed by atoms with van der Waals surface area (Å²) in [4.78, 5) is 15.6. The van der Waals surface area contributed by atoms with E-state index in [1.54, 1.807) is 0 Å². The van der Waals surface area contributed by atoms with Gasteiger partial charge in [0.15, 0.2) is 0 Å². The van der Waals surface area contributed by atoms with Gasteiger partial charge < -0.3 is 14.7 Å². The molecular weight excluding hydrogens is 316 g/mol. The molecule has 2 N–H and O–H groups in total. The van der Waals surface area contributed by atoms with Crippen molar-refractivity contribution in [2.24, 2.45) is 0 Å². The minimum absolute atomic E-state index is 0.0629. The van der Waals surface area contributed by atoms with E-state index in [0.29, 0.717) is 12.3 Å². The molecule has 4 aromatic rings. The zero-order valence-corrected chi connectivity index (χ0v) is 13.6. The molecule has 0 spiro atoms. The van der Waals surface area contributed by atoms with Crippen LogP contribution in [0.4, 0.5) is 5.69 Å². The van der Waals surface area contributed by atoms with Gasteiger partial charge in [0.25, 0.3) is 0 Å². The molecule has 0 fully saturated rings. The standard InChI is InChI=1S/C19H16N4O2/c1-12-2-7-16-14(10-20-17(16)8-12)9-18(24)22-15-5-3-13(4-6-15)19-23-21-11-25-19/h2-8,10-11,20H,9H2,1H3,(H,22,24). The van der Waals surface area contributed by atoms with Crippen molar-refractivity contribution in [2.75, 3.05) is 5.32 Å². The number of benzene rings is 2. The third-order valence-electron chi connectivity index (χ3n) is 4.05. The summed E-state index contributed by atoms with van der Waals surface area (Å²) in [6.45, 7) is 2.05. The highest BCUT2D eigenvalue weighted by Gasteiger charge is 2.10. The van der Waals surface area contributed by atoms with Crippen LogP contribution in [-0.2, 0) is 11.2 Å². The summed E-state index contributed by atoms with van der Waals surface area (Å²) in [5, 5.41) is 11.5. The van der Waals surface area contributed by atoms with Crippen molar-refractivity contribution in [3.63, 3.8) is 0 Å². The third-order valence-corrected chi connectivity index (χ3v) is 4.05. The monoisotopic (exact) mass is 332 g/mol. The van der Waals surface area contributed by atoms with Crippen molar-refractivity contribution in [3.05, 3.63) is 66.2 Å². The lowest BCUT2D eigenvalue weighted by molar-refractivity contribution is -0.115. The molecule has 2 aromatic carbocycles. The first kappa shape index (κ1) is 15.1. The lowest BCUT2D eigenvalue weighted by Crippen LogP contribution is -2.14. The number of nitrogens with one attached hydrogen (secondary N) is 2. The Morgan fingerprint density at radius 3 is 2.80 bits per heavy atom. The van der Waals surface area contributed by atoms with Gasteiger partial charge in [0, 0.05) is 28.4 Å². The summed E-state index contributed by atoms with van der Waals surface area (Å²) in [6, 6.07) is 13.5. The van der Waals surface area contributed by atoms with Gasteiger partial charge in [-0.2, -0.15) is 0 Å². The Balaban J connectivity index is 1.46. The van der Waals surface area contributed by atoms with Gasteiger partial charge >= 0.3 is 0 Å². The minimum Gasteiger partial charge on any atom is -0.423 e. The predicted molar refractivity (Wildman–Crippen MR) is 95.1 cm³/mol. The number of rotatable bonds is 4. The van der Waals surface area contributed by atoms with Crippen LogP contribution in [0.15, 0.2) is 59.5 Å². The van der Waals surface area contributed by atoms with Crippen LogP contribution in [0.1, 0.15) is 11.1 Å². The highest BCUT2D eigenvalue weighted by molar-refractivity contribution is 5.96. The molecule has 6 heteroatoms. The van der Waals surface area contributed by atoms with Gasteiger partial charge in [-0.05, 0) is 48.4 Å². The molecule has 2 heterocycles. The molecule has 0 saturated carbocycles. The van der Waals surface area contributed by atoms with Crippen molar-refractivity contribution in [1.82, 2.24) is 15.2 Å². The number of hydrogen-bond acceptors (Lipinski definition) is 4. The van der Waals surface area contributed by atoms with E-state index in [1.807, 2.05) is 49.5 Å². The Morgan fingerprint density at radius 1 is 1.20 bits per heavy atom. The van der Waals surface area contributed by atoms with Gasteiger partial charge in [0.2, 0.25) is 18.2 Å². The first-order valence-electron chi connectivity index (χ1n) is 7.92. The predicted octanol–water partition coefficient (Wildman–Crippen LogP) is 3.71. The minimum atomic E-state index is -0.0629. The van der Waals surface area contributed by atoms with Gasteiger partial charge in [-0.1, -0.05) is 12.1 Å². The summed E-state index contributed by atoms with van der Waals surface area (Å²) < 4.78 is 5.15. The fraction of sp³-hybridized carbons (Fsp3) is 0.105. The zero-order valence-electron chi connectivity index (χ0n) is 13.6. The quantitative estimate of drug-likeness (QED) is 0.597. The van der Waals surface area contributed by atoms with E-state index in [0.717, 1.165) is 27.7 Å². The molecule has 1 amide bonds. The number of carbonyl (C=O) groups excluding carboxylic acids is 1. The maximum atomic E-state index is 12.3. The smallest absolute Gasteiger partial charge is 0.247 e. The Bertz CT molecular complexity index is 1020. The van der Waals surface area contributed by atoms with E-state index in [1.165, 1.54) is 12.0 Å². The van der Waals surface area contributed by atoms with E-state index in [4.69, 9.17) is 4.42 Å². The van der Waals surface area contributed by atoms with E-state index in [9.17, 15) is 4.79 Å². The number of hydrogen-bond donors (Lipinski definition) is 2. The number of amides is 1. The molecule has 6 nitrogen and oxygen atoms in total. The normalized spacial score (nSPS) is 10.9. The van der Waals surface area contributed by atoms with Gasteiger partial charge in [-0.3, -0.25) is 4.79 Å². The molecule has 0 aliphatic carbocycles. The zero-order chi connectivity index (χ0) is 17.2. The number of anilines is 1. The Labute approximate surface area is 143 Å². The largest absolute Gasteiger partial charge is 0.423 e. The Kier molecular flexibility index (Phi) is 3.78. The lowest BCUT2D eigenvalue weighted by Gasteiger charge is -2.05. The highest BCUT2D eigenvalue weighted by atomic mass is 16.4. The highest BCUT2D eigenvalue weighted by Crippen LogP contribution is 2.21. The number of nitrogens with zero attached hydrogens (tertiary/aromatic N) is 2. The number of aryl methyl sites for hydroxylation is 1. The number of aromatic nitrogens is 3. The fourth-order valence-electron chi connectivity index (χ4n) is 2.82. The maximum absolute atomic E-state index is 12.3. The summed E-state index contributed by atoms with van der Waals surface area (Å²) >= 11 is 0. The summed E-state index contributed by atoms with van der Waals surface area (Å²) in [6.07, 6.45) is 3.49. The van der Waals surface area contributed by atoms with E-state index in [-0.39, 0.29) is 5.91 Å². The molecule has 0 unspecified atom stereocenters. The van der Waals surface area contributed by atoms with Gasteiger partial charge in [0.05, 0.1) is 6.42 Å². The number of aromatic amines is 1. The van der Waals surface area contributed by atoms with E-state index < -0.39 is 0 Å². The van der Waals surface area contributed by atoms with Gasteiger partial charge in [-0.15, -0.1) is 10.2 Å². The second-order valence-electron chi connectivity index (χ2n) is 5.91. The van der Waals surface area contributed by atoms with Crippen molar-refractivity contribution < 1.29 is 9.21 Å². The van der Waals surface area contributed by atoms with Crippen LogP contribution in [-0.4, -0.2) is 21.1 Å². The van der Waals surface area contributed by atoms with E-state index in [2.05, 4.69) is 26.6 Å². The fourth-order valence-corrected chi connectivity index (χ4v) is 2.82. The van der Waals surface area contributed by atoms with Crippen LogP contribution in [0.25, 0.3) is 22.4 Å². The average molecular weight is 332 g/mol. The summed E-state index contributed by atoms with van der Waals surface area (Å²) in [5.74, 6) is 0.388. The van der Waals surface area contributed by atoms with Crippen LogP contribution < -0.4 is 5.32 Å². The van der Waals surface area contributed by atoms with Crippen molar-refractivity contribution in [3.8, 4) is 11.5 Å². The van der Waals surface area contributed by atoms with Crippen LogP contribution in [0.5, 0.6) is 0 Å². The van der Waals surface area contributed by atoms with Crippen molar-refractivity contribution in [2.45, 2.75) is 13.3 Å².